The molecule has 0 bridgehead atoms. The largest absolute Gasteiger partial charge is 3.00 e. The van der Waals surface area contributed by atoms with E-state index in [1.807, 2.05) is 27.7 Å². The number of methoxy groups -OCH3 is 4. The predicted molar refractivity (Wildman–Crippen MR) is 284 cm³/mol. The van der Waals surface area contributed by atoms with Crippen molar-refractivity contribution in [1.29, 1.82) is 0 Å². The Morgan fingerprint density at radius 1 is 0.375 bits per heavy atom. The van der Waals surface area contributed by atoms with Crippen LogP contribution in [0.25, 0.3) is 95.8 Å². The monoisotopic (exact) mass is 1510 g/mol. The Balaban J connectivity index is -0.000000108. The molecule has 4 radical (unpaired) electrons. The Bertz CT molecular complexity index is 2220. The SMILES string of the molecule is CO.CO.COc1cccc(C=NCC(C)(C)CN=Cc2cccc(OC)c2[O-])c1[O-].COc1cccc(C=NCC(C)(C)CN=Cc2cccc(OC)c2[O-])c1[O-].[Cu+2].[Cu+2].[Dy+3].[Dy+3].[N-]=[N+]=[N-].[N-]=[N+]=[N-].[N-]=[N+]=[N-].[N-]=[N+]=[N-].[N-]=[N+]=[N-].[N-]=[N+]=[N-]. The van der Waals surface area contributed by atoms with Crippen LogP contribution in [0.3, 0.4) is 0 Å². The van der Waals surface area contributed by atoms with Crippen molar-refractivity contribution >= 4 is 24.9 Å². The van der Waals surface area contributed by atoms with Crippen LogP contribution in [0, 0.1) is 87.2 Å². The van der Waals surface area contributed by atoms with E-state index in [2.05, 4.69) is 20.0 Å². The van der Waals surface area contributed by atoms with Crippen molar-refractivity contribution in [1.82, 2.24) is 0 Å². The minimum atomic E-state index is -0.225. The molecule has 36 heteroatoms. The summed E-state index contributed by atoms with van der Waals surface area (Å²) in [6.45, 7) is 10.0. The molecular weight excluding hydrogens is 1450 g/mol. The first-order valence-electron chi connectivity index (χ1n) is 20.4. The van der Waals surface area contributed by atoms with Crippen LogP contribution in [0.1, 0.15) is 49.9 Å². The van der Waals surface area contributed by atoms with E-state index in [0.717, 1.165) is 14.2 Å². The van der Waals surface area contributed by atoms with Crippen molar-refractivity contribution in [3.63, 3.8) is 0 Å². The van der Waals surface area contributed by atoms with Crippen LogP contribution in [0.4, 0.5) is 0 Å². The fourth-order valence-electron chi connectivity index (χ4n) is 4.85. The third kappa shape index (κ3) is 48.5. The van der Waals surface area contributed by atoms with Crippen LogP contribution in [0.15, 0.2) is 92.8 Å². The molecule has 4 aromatic carbocycles. The Morgan fingerprint density at radius 2 is 0.512 bits per heavy atom. The molecule has 32 nitrogen and oxygen atoms in total. The van der Waals surface area contributed by atoms with E-state index in [9.17, 15) is 20.4 Å². The topological polar surface area (TPSA) is 571 Å². The van der Waals surface area contributed by atoms with Gasteiger partial charge in [-0.25, -0.2) is 0 Å². The third-order valence-electron chi connectivity index (χ3n) is 7.92. The first-order valence-corrected chi connectivity index (χ1v) is 20.4. The van der Waals surface area contributed by atoms with Gasteiger partial charge in [0.05, 0.1) is 28.4 Å². The molecule has 80 heavy (non-hydrogen) atoms. The van der Waals surface area contributed by atoms with Crippen LogP contribution in [-0.2, 0) is 34.1 Å². The summed E-state index contributed by atoms with van der Waals surface area (Å²) in [7, 11) is 7.87. The molecule has 0 aliphatic carbocycles. The average Bonchev–Trinajstić information content (AvgIpc) is 3.39. The minimum absolute atomic E-state index is 0. The van der Waals surface area contributed by atoms with E-state index in [4.69, 9.17) is 95.5 Å². The van der Waals surface area contributed by atoms with Crippen molar-refractivity contribution in [2.75, 3.05) is 68.8 Å². The van der Waals surface area contributed by atoms with E-state index in [-0.39, 0.29) is 144 Å². The Morgan fingerprint density at radius 3 is 0.637 bits per heavy atom. The molecule has 0 heterocycles. The van der Waals surface area contributed by atoms with Crippen LogP contribution in [-0.4, -0.2) is 104 Å². The number of aliphatic hydroxyl groups is 2. The molecule has 0 spiro atoms. The normalized spacial score (nSPS) is 8.85. The van der Waals surface area contributed by atoms with E-state index >= 15 is 0 Å². The molecule has 0 aromatic heterocycles. The molecule has 0 unspecified atom stereocenters. The van der Waals surface area contributed by atoms with Gasteiger partial charge in [0, 0.05) is 76.1 Å². The Labute approximate surface area is 544 Å². The van der Waals surface area contributed by atoms with Crippen LogP contribution in [0.2, 0.25) is 0 Å². The summed E-state index contributed by atoms with van der Waals surface area (Å²) in [6.07, 6.45) is 6.25. The molecule has 2 N–H and O–H groups in total. The molecule has 0 aliphatic heterocycles. The molecule has 4 rings (SSSR count). The van der Waals surface area contributed by atoms with Gasteiger partial charge in [-0.2, -0.15) is 0 Å². The maximum absolute atomic E-state index is 12.1. The first kappa shape index (κ1) is 95.6. The van der Waals surface area contributed by atoms with Crippen molar-refractivity contribution in [3.8, 4) is 46.0 Å². The van der Waals surface area contributed by atoms with Gasteiger partial charge in [0.25, 0.3) is 0 Å². The molecule has 0 amide bonds. The summed E-state index contributed by atoms with van der Waals surface area (Å²) in [5.41, 5.74) is 82.5. The first-order chi connectivity index (χ1) is 36.2. The molecular formula is C44H56Cu2Dy2N22O10. The number of aliphatic imine (C=N–C) groups is 4. The van der Waals surface area contributed by atoms with Gasteiger partial charge in [-0.1, -0.05) is 99.2 Å². The maximum Gasteiger partial charge on any atom is 3.00 e. The number of ether oxygens (including phenoxy) is 4. The number of rotatable bonds is 16. The Hall–Kier alpha value is -6.68. The second-order valence-electron chi connectivity index (χ2n) is 14.3. The van der Waals surface area contributed by atoms with Crippen molar-refractivity contribution in [3.05, 3.63) is 191 Å². The van der Waals surface area contributed by atoms with Gasteiger partial charge in [-0.3, -0.25) is 49.4 Å². The van der Waals surface area contributed by atoms with Gasteiger partial charge in [0.2, 0.25) is 0 Å². The molecule has 0 fully saturated rings. The maximum atomic E-state index is 12.1. The zero-order valence-corrected chi connectivity index (χ0v) is 50.2. The van der Waals surface area contributed by atoms with Crippen LogP contribution >= 0.6 is 0 Å². The number of aliphatic hydroxyl groups excluding tert-OH is 2. The number of para-hydroxylation sites is 4. The summed E-state index contributed by atoms with van der Waals surface area (Å²) in [6, 6.07) is 20.4. The molecule has 0 saturated heterocycles. The molecule has 0 saturated carbocycles. The van der Waals surface area contributed by atoms with Gasteiger partial charge in [0.1, 0.15) is 23.0 Å². The van der Waals surface area contributed by atoms with Crippen molar-refractivity contribution in [2.45, 2.75) is 27.7 Å². The molecule has 0 aliphatic rings. The van der Waals surface area contributed by atoms with Crippen molar-refractivity contribution in [2.24, 2.45) is 30.8 Å². The van der Waals surface area contributed by atoms with Crippen LogP contribution < -0.4 is 39.4 Å². The summed E-state index contributed by atoms with van der Waals surface area (Å²) in [5, 5.41) is 62.4. The third-order valence-corrected chi connectivity index (χ3v) is 7.92. The summed E-state index contributed by atoms with van der Waals surface area (Å²) in [5.74, 6) is 0.482. The average molecular weight is 1510 g/mol. The van der Waals surface area contributed by atoms with Crippen molar-refractivity contribution < 1.29 is 160 Å². The summed E-state index contributed by atoms with van der Waals surface area (Å²) >= 11 is 0. The smallest absolute Gasteiger partial charge is 0.870 e. The zero-order valence-electron chi connectivity index (χ0n) is 44.3. The molecule has 444 valence electrons. The quantitative estimate of drug-likeness (QED) is 0.0352. The van der Waals surface area contributed by atoms with E-state index in [0.29, 0.717) is 71.4 Å². The summed E-state index contributed by atoms with van der Waals surface area (Å²) in [4.78, 5) is 26.5. The van der Waals surface area contributed by atoms with E-state index in [1.54, 1.807) is 97.7 Å². The van der Waals surface area contributed by atoms with Gasteiger partial charge >= 0.3 is 110 Å². The molecule has 4 aromatic rings. The fraction of sp³-hybridized carbons (Fsp3) is 0.364. The number of benzene rings is 4. The Kier molecular flexibility index (Phi) is 77.5. The van der Waals surface area contributed by atoms with Gasteiger partial charge < -0.3 is 116 Å². The van der Waals surface area contributed by atoms with Gasteiger partial charge in [-0.05, 0) is 46.5 Å². The number of hydrogen-bond acceptors (Lipinski definition) is 14. The number of nitrogens with zero attached hydrogens (tertiary/aromatic N) is 22. The van der Waals surface area contributed by atoms with Gasteiger partial charge in [0.15, 0.2) is 0 Å². The summed E-state index contributed by atoms with van der Waals surface area (Å²) < 4.78 is 20.1. The second-order valence-corrected chi connectivity index (χ2v) is 14.3. The predicted octanol–water partition coefficient (Wildman–Crippen LogP) is 9.24. The number of hydrogen-bond donors (Lipinski definition) is 2. The van der Waals surface area contributed by atoms with Crippen LogP contribution in [0.5, 0.6) is 46.0 Å². The van der Waals surface area contributed by atoms with Gasteiger partial charge in [-0.15, -0.1) is 0 Å². The fourth-order valence-corrected chi connectivity index (χ4v) is 4.85. The zero-order chi connectivity index (χ0) is 60.0. The van der Waals surface area contributed by atoms with E-state index in [1.165, 1.54) is 57.9 Å². The molecule has 0 atom stereocenters. The van der Waals surface area contributed by atoms with E-state index < -0.39 is 0 Å². The second kappa shape index (κ2) is 64.8. The standard InChI is InChI=1S/2C21H26N2O4.2CH4O.2Cu.2Dy.6N3/c2*1-21(2,13-22-11-15-7-5-9-17(26-3)19(15)24)14-23-12-16-8-6-10-18(27-4)20(16)25;2*1-2;;;;;6*1-3-2/h2*5-12,24-25H,13-14H2,1-4H3;2*2H,1H3;;;;;;;;;;/q;;;;2*+2;2*+3;6*-1/p-4. The minimum Gasteiger partial charge on any atom is -0.870 e.